The van der Waals surface area contributed by atoms with Crippen LogP contribution >= 0.6 is 12.4 Å². The van der Waals surface area contributed by atoms with Gasteiger partial charge >= 0.3 is 0 Å². The second-order valence-corrected chi connectivity index (χ2v) is 5.09. The van der Waals surface area contributed by atoms with E-state index in [4.69, 9.17) is 15.2 Å². The Hall–Kier alpha value is -0.810. The Bertz CT molecular complexity index is 403. The zero-order valence-electron chi connectivity index (χ0n) is 12.2. The van der Waals surface area contributed by atoms with E-state index >= 15 is 0 Å². The van der Waals surface area contributed by atoms with Gasteiger partial charge in [-0.05, 0) is 30.5 Å². The van der Waals surface area contributed by atoms with Crippen LogP contribution in [0.3, 0.4) is 0 Å². The van der Waals surface area contributed by atoms with Gasteiger partial charge in [0.05, 0.1) is 13.2 Å². The lowest BCUT2D eigenvalue weighted by molar-refractivity contribution is 0.0102. The highest BCUT2D eigenvalue weighted by Crippen LogP contribution is 2.22. The standard InChI is InChI=1S/C15H24N2O2.ClH/c1-18-14-5-3-4-12(8-14)11-17-7-6-15(19-2)9-13(17)10-16;/h3-5,8,13,15H,6-7,9-11,16H2,1-2H3;1H. The Morgan fingerprint density at radius 2 is 2.15 bits per heavy atom. The molecule has 1 saturated heterocycles. The van der Waals surface area contributed by atoms with Crippen LogP contribution in [0.15, 0.2) is 24.3 Å². The summed E-state index contributed by atoms with van der Waals surface area (Å²) in [7, 11) is 3.49. The summed E-state index contributed by atoms with van der Waals surface area (Å²) < 4.78 is 10.7. The minimum Gasteiger partial charge on any atom is -0.497 e. The van der Waals surface area contributed by atoms with Crippen LogP contribution in [0.5, 0.6) is 5.75 Å². The molecule has 1 aromatic rings. The molecule has 2 unspecified atom stereocenters. The number of nitrogens with zero attached hydrogens (tertiary/aromatic N) is 1. The third kappa shape index (κ3) is 4.35. The van der Waals surface area contributed by atoms with Crippen LogP contribution in [0.1, 0.15) is 18.4 Å². The van der Waals surface area contributed by atoms with Gasteiger partial charge < -0.3 is 15.2 Å². The van der Waals surface area contributed by atoms with Gasteiger partial charge in [0.2, 0.25) is 0 Å². The van der Waals surface area contributed by atoms with Crippen molar-refractivity contribution in [1.29, 1.82) is 0 Å². The van der Waals surface area contributed by atoms with Crippen LogP contribution in [0.25, 0.3) is 0 Å². The molecule has 0 aliphatic carbocycles. The summed E-state index contributed by atoms with van der Waals surface area (Å²) in [6, 6.07) is 8.65. The average molecular weight is 301 g/mol. The molecule has 2 rings (SSSR count). The minimum atomic E-state index is 0. The van der Waals surface area contributed by atoms with E-state index in [1.807, 2.05) is 12.1 Å². The van der Waals surface area contributed by atoms with Crippen molar-refractivity contribution >= 4 is 12.4 Å². The molecule has 0 bridgehead atoms. The van der Waals surface area contributed by atoms with Crippen molar-refractivity contribution in [1.82, 2.24) is 4.90 Å². The minimum absolute atomic E-state index is 0. The van der Waals surface area contributed by atoms with Crippen molar-refractivity contribution in [3.8, 4) is 5.75 Å². The largest absolute Gasteiger partial charge is 0.497 e. The van der Waals surface area contributed by atoms with E-state index in [0.29, 0.717) is 18.7 Å². The SMILES string of the molecule is COc1cccc(CN2CCC(OC)CC2CN)c1.Cl. The molecule has 2 atom stereocenters. The maximum absolute atomic E-state index is 5.90. The highest BCUT2D eigenvalue weighted by atomic mass is 35.5. The van der Waals surface area contributed by atoms with E-state index in [1.54, 1.807) is 14.2 Å². The number of piperidine rings is 1. The molecule has 1 aliphatic rings. The third-order valence-electron chi connectivity index (χ3n) is 3.91. The normalized spacial score (nSPS) is 23.1. The van der Waals surface area contributed by atoms with Gasteiger partial charge in [-0.25, -0.2) is 0 Å². The smallest absolute Gasteiger partial charge is 0.119 e. The molecule has 0 radical (unpaired) electrons. The van der Waals surface area contributed by atoms with E-state index in [0.717, 1.165) is 31.7 Å². The number of ether oxygens (including phenoxy) is 2. The first-order valence-electron chi connectivity index (χ1n) is 6.86. The molecule has 114 valence electrons. The number of benzene rings is 1. The van der Waals surface area contributed by atoms with Gasteiger partial charge in [0, 0.05) is 32.8 Å². The molecule has 0 spiro atoms. The van der Waals surface area contributed by atoms with Gasteiger partial charge in [0.1, 0.15) is 5.75 Å². The van der Waals surface area contributed by atoms with Crippen molar-refractivity contribution < 1.29 is 9.47 Å². The molecule has 5 heteroatoms. The Labute approximate surface area is 127 Å². The second kappa shape index (κ2) is 8.47. The lowest BCUT2D eigenvalue weighted by atomic mass is 9.98. The Balaban J connectivity index is 0.00000200. The number of hydrogen-bond acceptors (Lipinski definition) is 4. The van der Waals surface area contributed by atoms with Crippen LogP contribution in [-0.4, -0.2) is 44.4 Å². The molecule has 2 N–H and O–H groups in total. The summed E-state index contributed by atoms with van der Waals surface area (Å²) in [5.74, 6) is 0.911. The number of halogens is 1. The molecule has 0 aromatic heterocycles. The quantitative estimate of drug-likeness (QED) is 0.904. The predicted molar refractivity (Wildman–Crippen MR) is 83.5 cm³/mol. The van der Waals surface area contributed by atoms with E-state index in [1.165, 1.54) is 5.56 Å². The molecule has 1 heterocycles. The molecule has 0 amide bonds. The van der Waals surface area contributed by atoms with Crippen LogP contribution in [0, 0.1) is 0 Å². The zero-order chi connectivity index (χ0) is 13.7. The summed E-state index contributed by atoms with van der Waals surface area (Å²) in [5.41, 5.74) is 7.17. The summed E-state index contributed by atoms with van der Waals surface area (Å²) in [6.07, 6.45) is 2.46. The fourth-order valence-corrected chi connectivity index (χ4v) is 2.74. The lowest BCUT2D eigenvalue weighted by Gasteiger charge is -2.38. The van der Waals surface area contributed by atoms with Crippen molar-refractivity contribution in [2.75, 3.05) is 27.3 Å². The summed E-state index contributed by atoms with van der Waals surface area (Å²) >= 11 is 0. The molecule has 1 aliphatic heterocycles. The molecular weight excluding hydrogens is 276 g/mol. The Morgan fingerprint density at radius 3 is 2.80 bits per heavy atom. The van der Waals surface area contributed by atoms with E-state index in [2.05, 4.69) is 17.0 Å². The van der Waals surface area contributed by atoms with Gasteiger partial charge in [0.25, 0.3) is 0 Å². The lowest BCUT2D eigenvalue weighted by Crippen LogP contribution is -2.47. The van der Waals surface area contributed by atoms with Crippen LogP contribution in [0.2, 0.25) is 0 Å². The molecule has 0 saturated carbocycles. The second-order valence-electron chi connectivity index (χ2n) is 5.09. The molecule has 1 fully saturated rings. The fraction of sp³-hybridized carbons (Fsp3) is 0.600. The number of rotatable bonds is 5. The average Bonchev–Trinajstić information content (AvgIpc) is 2.48. The fourth-order valence-electron chi connectivity index (χ4n) is 2.74. The van der Waals surface area contributed by atoms with Crippen LogP contribution in [0.4, 0.5) is 0 Å². The number of likely N-dealkylation sites (tertiary alicyclic amines) is 1. The molecule has 1 aromatic carbocycles. The first-order chi connectivity index (χ1) is 9.26. The predicted octanol–water partition coefficient (Wildman–Crippen LogP) is 2.06. The topological polar surface area (TPSA) is 47.7 Å². The Morgan fingerprint density at radius 1 is 1.35 bits per heavy atom. The van der Waals surface area contributed by atoms with Gasteiger partial charge in [-0.3, -0.25) is 4.90 Å². The van der Waals surface area contributed by atoms with E-state index < -0.39 is 0 Å². The Kier molecular flexibility index (Phi) is 7.30. The first kappa shape index (κ1) is 17.2. The number of nitrogens with two attached hydrogens (primary N) is 1. The van der Waals surface area contributed by atoms with Gasteiger partial charge in [-0.2, -0.15) is 0 Å². The molecule has 20 heavy (non-hydrogen) atoms. The highest BCUT2D eigenvalue weighted by molar-refractivity contribution is 5.85. The third-order valence-corrected chi connectivity index (χ3v) is 3.91. The van der Waals surface area contributed by atoms with Gasteiger partial charge in [-0.15, -0.1) is 12.4 Å². The highest BCUT2D eigenvalue weighted by Gasteiger charge is 2.27. The van der Waals surface area contributed by atoms with Crippen molar-refractivity contribution in [2.45, 2.75) is 31.5 Å². The zero-order valence-corrected chi connectivity index (χ0v) is 13.1. The molecular formula is C15H25ClN2O2. The maximum atomic E-state index is 5.90. The summed E-state index contributed by atoms with van der Waals surface area (Å²) in [4.78, 5) is 2.45. The number of hydrogen-bond donors (Lipinski definition) is 1. The van der Waals surface area contributed by atoms with Gasteiger partial charge in [-0.1, -0.05) is 12.1 Å². The monoisotopic (exact) mass is 300 g/mol. The molecule has 4 nitrogen and oxygen atoms in total. The number of methoxy groups -OCH3 is 2. The maximum Gasteiger partial charge on any atom is 0.119 e. The summed E-state index contributed by atoms with van der Waals surface area (Å²) in [5, 5.41) is 0. The van der Waals surface area contributed by atoms with Gasteiger partial charge in [0.15, 0.2) is 0 Å². The summed E-state index contributed by atoms with van der Waals surface area (Å²) in [6.45, 7) is 2.65. The van der Waals surface area contributed by atoms with Crippen molar-refractivity contribution in [3.63, 3.8) is 0 Å². The van der Waals surface area contributed by atoms with Crippen LogP contribution in [-0.2, 0) is 11.3 Å². The van der Waals surface area contributed by atoms with Crippen molar-refractivity contribution in [3.05, 3.63) is 29.8 Å². The van der Waals surface area contributed by atoms with E-state index in [9.17, 15) is 0 Å². The van der Waals surface area contributed by atoms with Crippen LogP contribution < -0.4 is 10.5 Å². The van der Waals surface area contributed by atoms with Crippen molar-refractivity contribution in [2.24, 2.45) is 5.73 Å². The first-order valence-corrected chi connectivity index (χ1v) is 6.86. The van der Waals surface area contributed by atoms with E-state index in [-0.39, 0.29) is 12.4 Å².